The summed E-state index contributed by atoms with van der Waals surface area (Å²) in [4.78, 5) is 0. The highest BCUT2D eigenvalue weighted by molar-refractivity contribution is 4.87. The lowest BCUT2D eigenvalue weighted by Gasteiger charge is -2.42. The summed E-state index contributed by atoms with van der Waals surface area (Å²) in [6.45, 7) is 4.59. The predicted octanol–water partition coefficient (Wildman–Crippen LogP) is 2.37. The molecular formula is C11H20O2. The Labute approximate surface area is 80.6 Å². The maximum Gasteiger partial charge on any atom is 0.0915 e. The molecule has 2 rings (SSSR count). The van der Waals surface area contributed by atoms with Crippen molar-refractivity contribution >= 4 is 0 Å². The lowest BCUT2D eigenvalue weighted by Crippen LogP contribution is -2.47. The first-order valence-corrected chi connectivity index (χ1v) is 5.53. The Morgan fingerprint density at radius 3 is 2.46 bits per heavy atom. The van der Waals surface area contributed by atoms with E-state index in [0.29, 0.717) is 0 Å². The van der Waals surface area contributed by atoms with Crippen molar-refractivity contribution in [1.29, 1.82) is 0 Å². The Kier molecular flexibility index (Phi) is 2.89. The number of hydrogen-bond donors (Lipinski definition) is 0. The van der Waals surface area contributed by atoms with Gasteiger partial charge in [-0.25, -0.2) is 0 Å². The van der Waals surface area contributed by atoms with Crippen LogP contribution in [-0.2, 0) is 9.47 Å². The molecule has 1 saturated carbocycles. The molecule has 13 heavy (non-hydrogen) atoms. The average molecular weight is 184 g/mol. The Bertz CT molecular complexity index is 155. The molecule has 2 fully saturated rings. The van der Waals surface area contributed by atoms with Gasteiger partial charge in [0.25, 0.3) is 0 Å². The van der Waals surface area contributed by atoms with Crippen LogP contribution in [0.1, 0.15) is 39.0 Å². The molecule has 0 bridgehead atoms. The standard InChI is InChI=1S/C11H20O2/c1-11(9-12-7-8-13-11)10-5-3-2-4-6-10/h10H,2-9H2,1H3. The van der Waals surface area contributed by atoms with Crippen LogP contribution in [0, 0.1) is 5.92 Å². The fourth-order valence-electron chi connectivity index (χ4n) is 2.60. The van der Waals surface area contributed by atoms with Gasteiger partial charge in [0.15, 0.2) is 0 Å². The zero-order chi connectivity index (χ0) is 9.15. The lowest BCUT2D eigenvalue weighted by molar-refractivity contribution is -0.178. The molecule has 0 radical (unpaired) electrons. The third kappa shape index (κ3) is 2.05. The van der Waals surface area contributed by atoms with E-state index < -0.39 is 0 Å². The molecule has 0 aromatic carbocycles. The van der Waals surface area contributed by atoms with Gasteiger partial charge in [0, 0.05) is 0 Å². The molecule has 1 aliphatic carbocycles. The van der Waals surface area contributed by atoms with Gasteiger partial charge in [0.05, 0.1) is 25.4 Å². The van der Waals surface area contributed by atoms with Gasteiger partial charge in [-0.05, 0) is 25.7 Å². The third-order valence-electron chi connectivity index (χ3n) is 3.52. The minimum Gasteiger partial charge on any atom is -0.376 e. The maximum atomic E-state index is 5.88. The first-order chi connectivity index (χ1) is 6.31. The second-order valence-corrected chi connectivity index (χ2v) is 4.55. The van der Waals surface area contributed by atoms with Gasteiger partial charge in [0.1, 0.15) is 0 Å². The molecule has 76 valence electrons. The normalized spacial score (nSPS) is 37.6. The van der Waals surface area contributed by atoms with Gasteiger partial charge in [-0.1, -0.05) is 19.3 Å². The molecule has 1 aliphatic heterocycles. The Balaban J connectivity index is 1.94. The van der Waals surface area contributed by atoms with Gasteiger partial charge in [-0.3, -0.25) is 0 Å². The summed E-state index contributed by atoms with van der Waals surface area (Å²) >= 11 is 0. The van der Waals surface area contributed by atoms with E-state index in [9.17, 15) is 0 Å². The monoisotopic (exact) mass is 184 g/mol. The van der Waals surface area contributed by atoms with Crippen LogP contribution < -0.4 is 0 Å². The van der Waals surface area contributed by atoms with Crippen molar-refractivity contribution in [1.82, 2.24) is 0 Å². The first kappa shape index (κ1) is 9.47. The van der Waals surface area contributed by atoms with Gasteiger partial charge < -0.3 is 9.47 Å². The van der Waals surface area contributed by atoms with Crippen molar-refractivity contribution in [3.8, 4) is 0 Å². The van der Waals surface area contributed by atoms with Crippen LogP contribution in [0.15, 0.2) is 0 Å². The first-order valence-electron chi connectivity index (χ1n) is 5.53. The molecule has 0 spiro atoms. The maximum absolute atomic E-state index is 5.88. The summed E-state index contributed by atoms with van der Waals surface area (Å²) in [6, 6.07) is 0. The Morgan fingerprint density at radius 1 is 1.08 bits per heavy atom. The van der Waals surface area contributed by atoms with Crippen LogP contribution in [0.25, 0.3) is 0 Å². The fraction of sp³-hybridized carbons (Fsp3) is 1.00. The molecule has 1 saturated heterocycles. The quantitative estimate of drug-likeness (QED) is 0.623. The Morgan fingerprint density at radius 2 is 1.85 bits per heavy atom. The lowest BCUT2D eigenvalue weighted by atomic mass is 9.78. The molecule has 1 unspecified atom stereocenters. The van der Waals surface area contributed by atoms with Crippen LogP contribution in [-0.4, -0.2) is 25.4 Å². The van der Waals surface area contributed by atoms with E-state index in [4.69, 9.17) is 9.47 Å². The summed E-state index contributed by atoms with van der Waals surface area (Å²) in [5.41, 5.74) is 0.0265. The van der Waals surface area contributed by atoms with Crippen LogP contribution in [0.2, 0.25) is 0 Å². The minimum absolute atomic E-state index is 0.0265. The second-order valence-electron chi connectivity index (χ2n) is 4.55. The Hall–Kier alpha value is -0.0800. The summed E-state index contributed by atoms with van der Waals surface area (Å²) in [7, 11) is 0. The van der Waals surface area contributed by atoms with E-state index in [2.05, 4.69) is 6.92 Å². The fourth-order valence-corrected chi connectivity index (χ4v) is 2.60. The number of hydrogen-bond acceptors (Lipinski definition) is 2. The zero-order valence-electron chi connectivity index (χ0n) is 8.55. The molecule has 1 heterocycles. The van der Waals surface area contributed by atoms with Gasteiger partial charge >= 0.3 is 0 Å². The van der Waals surface area contributed by atoms with Crippen LogP contribution in [0.4, 0.5) is 0 Å². The molecule has 0 N–H and O–H groups in total. The van der Waals surface area contributed by atoms with E-state index in [-0.39, 0.29) is 5.60 Å². The highest BCUT2D eigenvalue weighted by Gasteiger charge is 2.37. The van der Waals surface area contributed by atoms with E-state index in [1.165, 1.54) is 32.1 Å². The predicted molar refractivity (Wildman–Crippen MR) is 51.8 cm³/mol. The van der Waals surface area contributed by atoms with E-state index in [1.54, 1.807) is 0 Å². The number of rotatable bonds is 1. The van der Waals surface area contributed by atoms with Crippen LogP contribution in [0.5, 0.6) is 0 Å². The SMILES string of the molecule is CC1(C2CCCCC2)COCCO1. The summed E-state index contributed by atoms with van der Waals surface area (Å²) in [5, 5.41) is 0. The third-order valence-corrected chi connectivity index (χ3v) is 3.52. The largest absolute Gasteiger partial charge is 0.376 e. The average Bonchev–Trinajstić information content (AvgIpc) is 2.20. The molecule has 0 aromatic rings. The smallest absolute Gasteiger partial charge is 0.0915 e. The summed E-state index contributed by atoms with van der Waals surface area (Å²) in [5.74, 6) is 0.738. The molecule has 0 aromatic heterocycles. The van der Waals surface area contributed by atoms with E-state index >= 15 is 0 Å². The molecule has 2 heteroatoms. The highest BCUT2D eigenvalue weighted by Crippen LogP contribution is 2.36. The van der Waals surface area contributed by atoms with Gasteiger partial charge in [-0.2, -0.15) is 0 Å². The van der Waals surface area contributed by atoms with E-state index in [1.807, 2.05) is 0 Å². The molecular weight excluding hydrogens is 164 g/mol. The van der Waals surface area contributed by atoms with Crippen molar-refractivity contribution in [2.24, 2.45) is 5.92 Å². The van der Waals surface area contributed by atoms with Gasteiger partial charge in [0.2, 0.25) is 0 Å². The van der Waals surface area contributed by atoms with Gasteiger partial charge in [-0.15, -0.1) is 0 Å². The van der Waals surface area contributed by atoms with Crippen molar-refractivity contribution < 1.29 is 9.47 Å². The number of ether oxygens (including phenoxy) is 2. The minimum atomic E-state index is 0.0265. The molecule has 2 aliphatic rings. The molecule has 0 amide bonds. The van der Waals surface area contributed by atoms with E-state index in [0.717, 1.165) is 25.7 Å². The summed E-state index contributed by atoms with van der Waals surface area (Å²) < 4.78 is 11.4. The van der Waals surface area contributed by atoms with Crippen LogP contribution in [0.3, 0.4) is 0 Å². The van der Waals surface area contributed by atoms with Crippen molar-refractivity contribution in [3.63, 3.8) is 0 Å². The molecule has 2 nitrogen and oxygen atoms in total. The van der Waals surface area contributed by atoms with Crippen molar-refractivity contribution in [2.75, 3.05) is 19.8 Å². The topological polar surface area (TPSA) is 18.5 Å². The van der Waals surface area contributed by atoms with Crippen molar-refractivity contribution in [3.05, 3.63) is 0 Å². The highest BCUT2D eigenvalue weighted by atomic mass is 16.6. The van der Waals surface area contributed by atoms with Crippen LogP contribution >= 0.6 is 0 Å². The second kappa shape index (κ2) is 3.97. The zero-order valence-corrected chi connectivity index (χ0v) is 8.55. The summed E-state index contributed by atoms with van der Waals surface area (Å²) in [6.07, 6.45) is 6.83. The van der Waals surface area contributed by atoms with Crippen molar-refractivity contribution in [2.45, 2.75) is 44.6 Å². The molecule has 1 atom stereocenters.